The van der Waals surface area contributed by atoms with Crippen molar-refractivity contribution in [1.82, 2.24) is 0 Å². The zero-order valence-corrected chi connectivity index (χ0v) is 28.7. The molecule has 5 heterocycles. The van der Waals surface area contributed by atoms with Crippen molar-refractivity contribution in [3.8, 4) is 91.0 Å². The molecule has 0 fully saturated rings. The van der Waals surface area contributed by atoms with E-state index in [2.05, 4.69) is 0 Å². The molecule has 240 valence electrons. The van der Waals surface area contributed by atoms with E-state index in [-0.39, 0.29) is 42.6 Å². The fourth-order valence-electron chi connectivity index (χ4n) is 7.43. The lowest BCUT2D eigenvalue weighted by atomic mass is 9.24. The van der Waals surface area contributed by atoms with Crippen LogP contribution in [0.4, 0.5) is 0 Å². The molecule has 0 saturated heterocycles. The van der Waals surface area contributed by atoms with Crippen molar-refractivity contribution in [3.63, 3.8) is 0 Å². The van der Waals surface area contributed by atoms with Crippen LogP contribution in [-0.2, 0) is 0 Å². The highest BCUT2D eigenvalue weighted by Gasteiger charge is 2.53. The van der Waals surface area contributed by atoms with Gasteiger partial charge in [0.25, 0.3) is 26.9 Å². The zero-order chi connectivity index (χ0) is 41.2. The van der Waals surface area contributed by atoms with Gasteiger partial charge in [0, 0.05) is 38.3 Å². The molecule has 4 aliphatic rings. The lowest BCUT2D eigenvalue weighted by molar-refractivity contribution is 1.41. The molecule has 0 amide bonds. The van der Waals surface area contributed by atoms with Crippen LogP contribution in [-0.4, -0.2) is 26.9 Å². The van der Waals surface area contributed by atoms with Crippen LogP contribution in [0.1, 0.15) is 6.92 Å². The van der Waals surface area contributed by atoms with Gasteiger partial charge in [-0.05, 0) is 16.5 Å². The Labute approximate surface area is 322 Å². The average molecular weight is 721 g/mol. The molecule has 0 bridgehead atoms. The molecular weight excluding hydrogens is 718 g/mol. The third-order valence-electron chi connectivity index (χ3n) is 9.61. The standard InChI is InChI=1S/C36H3B4N15S/c1-17-18(2-41)19(3-42)26(10-49)37(17)35-33(38-27(11-50)20(4-43)21(5-44)28(38)12-51)34(39-29(13-52)22(6-45)23(7-46)30(39)14-53)36(56-35)40-31(15-54)24(8-47)25(9-48)32(40)16-55/h1H3. The van der Waals surface area contributed by atoms with Gasteiger partial charge >= 0.3 is 0 Å². The zero-order valence-electron chi connectivity index (χ0n) is 27.9. The van der Waals surface area contributed by atoms with Crippen LogP contribution in [0, 0.1) is 170 Å². The monoisotopic (exact) mass is 721 g/mol. The second-order valence-electron chi connectivity index (χ2n) is 11.6. The summed E-state index contributed by atoms with van der Waals surface area (Å²) in [5.74, 6) is 0. The summed E-state index contributed by atoms with van der Waals surface area (Å²) in [6.45, 7) is -5.13. The van der Waals surface area contributed by atoms with Crippen LogP contribution in [0.15, 0.2) is 88.4 Å². The maximum absolute atomic E-state index is 10.6. The molecule has 1 aromatic heterocycles. The molecule has 0 aliphatic carbocycles. The van der Waals surface area contributed by atoms with Crippen LogP contribution >= 0.6 is 11.3 Å². The largest absolute Gasteiger partial charge is 0.282 e. The van der Waals surface area contributed by atoms with E-state index in [0.29, 0.717) is 11.3 Å². The quantitative estimate of drug-likeness (QED) is 0.374. The number of nitrogens with zero attached hydrogens (tertiary/aromatic N) is 15. The lowest BCUT2D eigenvalue weighted by Gasteiger charge is -2.20. The summed E-state index contributed by atoms with van der Waals surface area (Å²) in [6, 6.07) is 27.2. The Kier molecular flexibility index (Phi) is 9.68. The van der Waals surface area contributed by atoms with Crippen molar-refractivity contribution in [2.75, 3.05) is 0 Å². The van der Waals surface area contributed by atoms with Crippen molar-refractivity contribution in [2.45, 2.75) is 6.92 Å². The van der Waals surface area contributed by atoms with Gasteiger partial charge in [-0.15, -0.1) is 0 Å². The van der Waals surface area contributed by atoms with Gasteiger partial charge < -0.3 is 0 Å². The molecule has 1 aromatic rings. The molecule has 4 aliphatic heterocycles. The van der Waals surface area contributed by atoms with E-state index in [0.717, 1.165) is 0 Å². The Morgan fingerprint density at radius 1 is 0.286 bits per heavy atom. The van der Waals surface area contributed by atoms with Gasteiger partial charge in [0.2, 0.25) is 0 Å². The van der Waals surface area contributed by atoms with Crippen LogP contribution in [0.3, 0.4) is 0 Å². The Bertz CT molecular complexity index is 3040. The molecular formula is C36H3B4N15S. The van der Waals surface area contributed by atoms with E-state index in [1.54, 1.807) is 36.4 Å². The first-order chi connectivity index (χ1) is 27.1. The minimum atomic E-state index is -1.76. The highest BCUT2D eigenvalue weighted by Crippen LogP contribution is 2.37. The van der Waals surface area contributed by atoms with Crippen molar-refractivity contribution in [3.05, 3.63) is 88.4 Å². The summed E-state index contributed by atoms with van der Waals surface area (Å²) < 4.78 is -0.267. The lowest BCUT2D eigenvalue weighted by Crippen LogP contribution is -2.61. The van der Waals surface area contributed by atoms with E-state index in [9.17, 15) is 78.9 Å². The van der Waals surface area contributed by atoms with Gasteiger partial charge in [-0.3, -0.25) is 0 Å². The SMILES string of the molecule is CC1=C(C#N)C(C#N)=C(C#N)B1c1sc(B2C(C#N)=C(C#N)C(C#N)=C2C#N)c(B2C(C#N)=C(C#N)C(C#N)=C2C#N)c1B1C(C#N)=C(C#N)C(C#N)=C1C#N. The normalized spacial score (nSPS) is 15.7. The second kappa shape index (κ2) is 14.5. The van der Waals surface area contributed by atoms with Gasteiger partial charge in [-0.1, -0.05) is 16.4 Å². The first kappa shape index (κ1) is 37.5. The number of allylic oxidation sites excluding steroid dienone is 16. The fraction of sp³-hybridized carbons (Fsp3) is 0.0278. The molecule has 5 rings (SSSR count). The number of thiophene rings is 1. The van der Waals surface area contributed by atoms with Crippen LogP contribution in [0.5, 0.6) is 0 Å². The summed E-state index contributed by atoms with van der Waals surface area (Å²) in [4.78, 5) is 0. The van der Waals surface area contributed by atoms with Gasteiger partial charge in [0.15, 0.2) is 0 Å². The Morgan fingerprint density at radius 3 is 0.750 bits per heavy atom. The summed E-state index contributed by atoms with van der Waals surface area (Å²) in [6.07, 6.45) is 0. The highest BCUT2D eigenvalue weighted by atomic mass is 32.1. The predicted octanol–water partition coefficient (Wildman–Crippen LogP) is 0.170. The van der Waals surface area contributed by atoms with Crippen LogP contribution in [0.2, 0.25) is 0 Å². The van der Waals surface area contributed by atoms with Crippen molar-refractivity contribution < 1.29 is 0 Å². The molecule has 0 atom stereocenters. The van der Waals surface area contributed by atoms with Gasteiger partial charge in [0.05, 0.1) is 93.1 Å². The minimum Gasteiger partial charge on any atom is -0.194 e. The molecule has 0 N–H and O–H groups in total. The van der Waals surface area contributed by atoms with Crippen molar-refractivity contribution >= 4 is 58.7 Å². The molecule has 20 heteroatoms. The molecule has 0 saturated carbocycles. The summed E-state index contributed by atoms with van der Waals surface area (Å²) in [7, 11) is 0. The third kappa shape index (κ3) is 4.73. The maximum Gasteiger partial charge on any atom is 0.282 e. The molecule has 0 radical (unpaired) electrons. The molecule has 0 unspecified atom stereocenters. The second-order valence-corrected chi connectivity index (χ2v) is 12.7. The van der Waals surface area contributed by atoms with E-state index < -0.39 is 93.1 Å². The Balaban J connectivity index is 2.23. The first-order valence-electron chi connectivity index (χ1n) is 15.2. The van der Waals surface area contributed by atoms with E-state index in [1.165, 1.54) is 6.92 Å². The van der Waals surface area contributed by atoms with E-state index >= 15 is 0 Å². The average Bonchev–Trinajstić information content (AvgIpc) is 3.99. The highest BCUT2D eigenvalue weighted by molar-refractivity contribution is 7.39. The minimum absolute atomic E-state index is 0.0824. The number of hydrogen-bond acceptors (Lipinski definition) is 16. The van der Waals surface area contributed by atoms with Gasteiger partial charge in [0.1, 0.15) is 42.5 Å². The molecule has 15 nitrogen and oxygen atoms in total. The van der Waals surface area contributed by atoms with Crippen molar-refractivity contribution in [1.29, 1.82) is 78.9 Å². The summed E-state index contributed by atoms with van der Waals surface area (Å²) in [5, 5.41) is 155. The van der Waals surface area contributed by atoms with E-state index in [1.807, 2.05) is 54.6 Å². The van der Waals surface area contributed by atoms with E-state index in [4.69, 9.17) is 0 Å². The molecule has 0 spiro atoms. The number of rotatable bonds is 4. The molecule has 0 aromatic carbocycles. The number of nitriles is 15. The summed E-state index contributed by atoms with van der Waals surface area (Å²) >= 11 is 0.664. The topological polar surface area (TPSA) is 357 Å². The first-order valence-corrected chi connectivity index (χ1v) is 16.0. The Hall–Kier alpha value is -9.77. The van der Waals surface area contributed by atoms with Gasteiger partial charge in [-0.2, -0.15) is 90.3 Å². The third-order valence-corrected chi connectivity index (χ3v) is 11.0. The Morgan fingerprint density at radius 2 is 0.500 bits per heavy atom. The van der Waals surface area contributed by atoms with Crippen LogP contribution in [0.25, 0.3) is 0 Å². The maximum atomic E-state index is 10.6. The molecule has 56 heavy (non-hydrogen) atoms. The number of hydrogen-bond donors (Lipinski definition) is 0. The smallest absolute Gasteiger partial charge is 0.194 e. The van der Waals surface area contributed by atoms with Crippen LogP contribution < -0.4 is 20.5 Å². The van der Waals surface area contributed by atoms with Gasteiger partial charge in [-0.25, -0.2) is 0 Å². The van der Waals surface area contributed by atoms with Crippen molar-refractivity contribution in [2.24, 2.45) is 0 Å². The predicted molar refractivity (Wildman–Crippen MR) is 192 cm³/mol. The summed E-state index contributed by atoms with van der Waals surface area (Å²) in [5.41, 5.74) is -7.40. The fourth-order valence-corrected chi connectivity index (χ4v) is 9.11.